The molecular formula is C31H31BrN2O6S. The molecule has 41 heavy (non-hydrogen) atoms. The maximum absolute atomic E-state index is 14.1. The largest absolute Gasteiger partial charge is 0.496 e. The first-order valence-corrected chi connectivity index (χ1v) is 14.9. The number of thiazole rings is 1. The number of halogens is 1. The molecule has 0 bridgehead atoms. The number of hydrogen-bond donors (Lipinski definition) is 0. The molecule has 8 nitrogen and oxygen atoms in total. The molecule has 0 radical (unpaired) electrons. The summed E-state index contributed by atoms with van der Waals surface area (Å²) >= 11 is 4.80. The van der Waals surface area contributed by atoms with Gasteiger partial charge in [-0.15, -0.1) is 6.42 Å². The van der Waals surface area contributed by atoms with E-state index in [1.807, 2.05) is 32.0 Å². The topological polar surface area (TPSA) is 88.4 Å². The van der Waals surface area contributed by atoms with E-state index in [2.05, 4.69) is 21.9 Å². The Kier molecular flexibility index (Phi) is 10.1. The first kappa shape index (κ1) is 30.2. The molecule has 0 N–H and O–H groups in total. The van der Waals surface area contributed by atoms with Crippen molar-refractivity contribution in [2.45, 2.75) is 39.7 Å². The Balaban J connectivity index is 1.97. The minimum absolute atomic E-state index is 0.111. The highest BCUT2D eigenvalue weighted by atomic mass is 79.9. The smallest absolute Gasteiger partial charge is 0.338 e. The average molecular weight is 640 g/mol. The quantitative estimate of drug-likeness (QED) is 0.222. The van der Waals surface area contributed by atoms with Gasteiger partial charge in [-0.1, -0.05) is 52.6 Å². The Labute approximate surface area is 251 Å². The summed E-state index contributed by atoms with van der Waals surface area (Å²) in [6.45, 7) is 6.38. The van der Waals surface area contributed by atoms with Gasteiger partial charge in [0, 0.05) is 10.0 Å². The van der Waals surface area contributed by atoms with Crippen molar-refractivity contribution in [1.82, 2.24) is 4.57 Å². The van der Waals surface area contributed by atoms with Crippen molar-refractivity contribution in [1.29, 1.82) is 0 Å². The molecule has 4 rings (SSSR count). The van der Waals surface area contributed by atoms with Crippen LogP contribution in [0.2, 0.25) is 0 Å². The fourth-order valence-electron chi connectivity index (χ4n) is 4.61. The van der Waals surface area contributed by atoms with Crippen LogP contribution in [-0.2, 0) is 9.53 Å². The number of fused-ring (bicyclic) bond motifs is 1. The molecule has 0 saturated carbocycles. The van der Waals surface area contributed by atoms with Crippen LogP contribution in [0.3, 0.4) is 0 Å². The van der Waals surface area contributed by atoms with Crippen molar-refractivity contribution < 1.29 is 23.7 Å². The summed E-state index contributed by atoms with van der Waals surface area (Å²) in [6.07, 6.45) is 8.42. The number of benzene rings is 2. The van der Waals surface area contributed by atoms with Crippen LogP contribution in [-0.4, -0.2) is 37.5 Å². The van der Waals surface area contributed by atoms with E-state index in [1.165, 1.54) is 11.3 Å². The van der Waals surface area contributed by atoms with Crippen molar-refractivity contribution in [2.24, 2.45) is 4.99 Å². The minimum Gasteiger partial charge on any atom is -0.496 e. The van der Waals surface area contributed by atoms with E-state index in [4.69, 9.17) is 30.4 Å². The predicted molar refractivity (Wildman–Crippen MR) is 162 cm³/mol. The van der Waals surface area contributed by atoms with Crippen LogP contribution >= 0.6 is 27.3 Å². The maximum atomic E-state index is 14.1. The van der Waals surface area contributed by atoms with Gasteiger partial charge in [0.2, 0.25) is 0 Å². The monoisotopic (exact) mass is 638 g/mol. The number of ether oxygens (including phenoxy) is 4. The van der Waals surface area contributed by atoms with Gasteiger partial charge < -0.3 is 18.9 Å². The third-order valence-electron chi connectivity index (χ3n) is 6.25. The summed E-state index contributed by atoms with van der Waals surface area (Å²) in [6, 6.07) is 10.1. The molecule has 214 valence electrons. The zero-order valence-electron chi connectivity index (χ0n) is 23.4. The van der Waals surface area contributed by atoms with E-state index in [9.17, 15) is 9.59 Å². The SMILES string of the molecule is C#CCOc1ccc(/C=c2/sc3n(c2=O)[C@@H](c2cc(Br)ccc2OC)C(C(=O)OCC)=C(CCC)N=3)cc1OCC. The van der Waals surface area contributed by atoms with Gasteiger partial charge in [0.1, 0.15) is 18.4 Å². The number of carbonyl (C=O) groups is 1. The van der Waals surface area contributed by atoms with Gasteiger partial charge >= 0.3 is 5.97 Å². The van der Waals surface area contributed by atoms with E-state index in [0.717, 1.165) is 16.5 Å². The molecule has 0 saturated heterocycles. The lowest BCUT2D eigenvalue weighted by atomic mass is 9.93. The van der Waals surface area contributed by atoms with Crippen LogP contribution in [0.4, 0.5) is 0 Å². The molecule has 10 heteroatoms. The first-order chi connectivity index (χ1) is 19.9. The number of rotatable bonds is 11. The second kappa shape index (κ2) is 13.7. The predicted octanol–water partition coefficient (Wildman–Crippen LogP) is 4.76. The van der Waals surface area contributed by atoms with E-state index in [-0.39, 0.29) is 18.8 Å². The molecule has 1 aromatic heterocycles. The van der Waals surface area contributed by atoms with Crippen LogP contribution in [0.25, 0.3) is 6.08 Å². The van der Waals surface area contributed by atoms with Crippen LogP contribution in [0.1, 0.15) is 50.8 Å². The van der Waals surface area contributed by atoms with Crippen LogP contribution in [0.5, 0.6) is 17.2 Å². The number of aromatic nitrogens is 1. The number of allylic oxidation sites excluding steroid dienone is 1. The van der Waals surface area contributed by atoms with Crippen molar-refractivity contribution in [3.63, 3.8) is 0 Å². The number of esters is 1. The number of methoxy groups -OCH3 is 1. The normalized spacial score (nSPS) is 14.6. The Morgan fingerprint density at radius 2 is 1.90 bits per heavy atom. The fourth-order valence-corrected chi connectivity index (χ4v) is 6.01. The molecular weight excluding hydrogens is 608 g/mol. The molecule has 2 aromatic carbocycles. The van der Waals surface area contributed by atoms with Crippen LogP contribution in [0, 0.1) is 12.3 Å². The molecule has 0 aliphatic carbocycles. The summed E-state index contributed by atoms with van der Waals surface area (Å²) in [7, 11) is 1.56. The lowest BCUT2D eigenvalue weighted by molar-refractivity contribution is -0.139. The second-order valence-electron chi connectivity index (χ2n) is 8.93. The van der Waals surface area contributed by atoms with Gasteiger partial charge in [0.05, 0.1) is 36.1 Å². The third-order valence-corrected chi connectivity index (χ3v) is 7.73. The van der Waals surface area contributed by atoms with Gasteiger partial charge in [0.15, 0.2) is 16.3 Å². The number of nitrogens with zero attached hydrogens (tertiary/aromatic N) is 2. The molecule has 1 atom stereocenters. The maximum Gasteiger partial charge on any atom is 0.338 e. The Morgan fingerprint density at radius 3 is 2.59 bits per heavy atom. The molecule has 0 amide bonds. The molecule has 3 aromatic rings. The lowest BCUT2D eigenvalue weighted by Crippen LogP contribution is -2.40. The van der Waals surface area contributed by atoms with Gasteiger partial charge in [-0.25, -0.2) is 9.79 Å². The number of hydrogen-bond acceptors (Lipinski definition) is 8. The standard InChI is InChI=1S/C31H31BrN2O6S/c1-6-10-22-27(30(36)39-9-4)28(21-18-20(32)12-14-23(21)37-5)34-29(35)26(41-31(34)33-22)17-19-11-13-24(40-15-7-2)25(16-19)38-8-3/h2,11-14,16-18,28H,6,8-10,15H2,1,3-5H3/b26-17+/t28-/m0/s1. The summed E-state index contributed by atoms with van der Waals surface area (Å²) < 4.78 is 25.3. The Morgan fingerprint density at radius 1 is 1.12 bits per heavy atom. The van der Waals surface area contributed by atoms with E-state index in [1.54, 1.807) is 42.9 Å². The molecule has 0 spiro atoms. The second-order valence-corrected chi connectivity index (χ2v) is 10.9. The Hall–Kier alpha value is -3.81. The molecule has 2 heterocycles. The third kappa shape index (κ3) is 6.42. The van der Waals surface area contributed by atoms with Crippen molar-refractivity contribution in [2.75, 3.05) is 26.9 Å². The molecule has 1 aliphatic rings. The summed E-state index contributed by atoms with van der Waals surface area (Å²) in [4.78, 5) is 32.8. The van der Waals surface area contributed by atoms with Gasteiger partial charge in [-0.2, -0.15) is 0 Å². The van der Waals surface area contributed by atoms with Crippen LogP contribution < -0.4 is 29.1 Å². The van der Waals surface area contributed by atoms with Crippen molar-refractivity contribution in [3.05, 3.63) is 83.0 Å². The molecule has 1 aliphatic heterocycles. The van der Waals surface area contributed by atoms with Gasteiger partial charge in [-0.05, 0) is 62.2 Å². The van der Waals surface area contributed by atoms with E-state index in [0.29, 0.717) is 56.4 Å². The zero-order valence-corrected chi connectivity index (χ0v) is 25.8. The lowest BCUT2D eigenvalue weighted by Gasteiger charge is -2.27. The molecule has 0 fully saturated rings. The van der Waals surface area contributed by atoms with Crippen molar-refractivity contribution >= 4 is 39.3 Å². The summed E-state index contributed by atoms with van der Waals surface area (Å²) in [5.41, 5.74) is 2.03. The van der Waals surface area contributed by atoms with Gasteiger partial charge in [0.25, 0.3) is 5.56 Å². The summed E-state index contributed by atoms with van der Waals surface area (Å²) in [5.74, 6) is 3.52. The molecule has 0 unspecified atom stereocenters. The average Bonchev–Trinajstić information content (AvgIpc) is 3.26. The highest BCUT2D eigenvalue weighted by Crippen LogP contribution is 2.38. The fraction of sp³-hybridized carbons (Fsp3) is 0.323. The van der Waals surface area contributed by atoms with E-state index < -0.39 is 12.0 Å². The number of terminal acetylenes is 1. The zero-order chi connectivity index (χ0) is 29.5. The Bertz CT molecular complexity index is 1700. The highest BCUT2D eigenvalue weighted by Gasteiger charge is 2.36. The first-order valence-electron chi connectivity index (χ1n) is 13.2. The van der Waals surface area contributed by atoms with Crippen LogP contribution in [0.15, 0.2) is 61.9 Å². The van der Waals surface area contributed by atoms with Crippen molar-refractivity contribution in [3.8, 4) is 29.6 Å². The minimum atomic E-state index is -0.792. The van der Waals surface area contributed by atoms with E-state index >= 15 is 0 Å². The summed E-state index contributed by atoms with van der Waals surface area (Å²) in [5, 5.41) is 0. The van der Waals surface area contributed by atoms with Gasteiger partial charge in [-0.3, -0.25) is 9.36 Å². The highest BCUT2D eigenvalue weighted by molar-refractivity contribution is 9.10. The number of carbonyl (C=O) groups excluding carboxylic acids is 1.